The number of nitrogens with one attached hydrogen (secondary N) is 1. The molecule has 8 heteroatoms. The number of imidazole rings is 1. The van der Waals surface area contributed by atoms with Gasteiger partial charge >= 0.3 is 0 Å². The van der Waals surface area contributed by atoms with Crippen molar-refractivity contribution in [3.8, 4) is 0 Å². The van der Waals surface area contributed by atoms with E-state index in [-0.39, 0.29) is 6.04 Å². The van der Waals surface area contributed by atoms with Gasteiger partial charge < -0.3 is 14.6 Å². The van der Waals surface area contributed by atoms with Crippen LogP contribution in [-0.4, -0.2) is 48.6 Å². The highest BCUT2D eigenvalue weighted by molar-refractivity contribution is 7.89. The van der Waals surface area contributed by atoms with E-state index in [1.54, 1.807) is 12.1 Å². The number of morpholine rings is 1. The van der Waals surface area contributed by atoms with Crippen LogP contribution in [0.4, 0.5) is 0 Å². The monoisotopic (exact) mass is 498 g/mol. The number of fused-ring (bicyclic) bond motifs is 1. The Balaban J connectivity index is 1.57. The molecule has 0 aliphatic carbocycles. The number of rotatable bonds is 10. The molecule has 35 heavy (non-hydrogen) atoms. The van der Waals surface area contributed by atoms with Crippen LogP contribution < -0.4 is 5.32 Å². The van der Waals surface area contributed by atoms with E-state index in [2.05, 4.69) is 61.8 Å². The van der Waals surface area contributed by atoms with Gasteiger partial charge in [0, 0.05) is 25.7 Å². The number of hydrogen-bond acceptors (Lipinski definition) is 5. The molecule has 4 rings (SSSR count). The molecule has 1 N–H and O–H groups in total. The first-order valence-electron chi connectivity index (χ1n) is 12.7. The topological polar surface area (TPSA) is 76.5 Å². The fraction of sp³-hybridized carbons (Fsp3) is 0.519. The third-order valence-electron chi connectivity index (χ3n) is 6.75. The van der Waals surface area contributed by atoms with Crippen LogP contribution in [0.25, 0.3) is 11.0 Å². The van der Waals surface area contributed by atoms with Gasteiger partial charge in [-0.3, -0.25) is 0 Å². The van der Waals surface area contributed by atoms with Crippen LogP contribution in [0.2, 0.25) is 0 Å². The van der Waals surface area contributed by atoms with Gasteiger partial charge in [-0.25, -0.2) is 13.4 Å². The van der Waals surface area contributed by atoms with E-state index < -0.39 is 10.0 Å². The van der Waals surface area contributed by atoms with Crippen molar-refractivity contribution in [3.63, 3.8) is 0 Å². The number of aryl methyl sites for hydroxylation is 2. The highest BCUT2D eigenvalue weighted by Gasteiger charge is 2.27. The molecule has 190 valence electrons. The summed E-state index contributed by atoms with van der Waals surface area (Å²) in [5.74, 6) is 1.33. The van der Waals surface area contributed by atoms with Gasteiger partial charge in [-0.05, 0) is 48.6 Å². The van der Waals surface area contributed by atoms with E-state index in [0.29, 0.717) is 49.2 Å². The Labute approximate surface area is 209 Å². The molecule has 0 radical (unpaired) electrons. The minimum atomic E-state index is -3.56. The lowest BCUT2D eigenvalue weighted by atomic mass is 9.94. The molecule has 1 aliphatic heterocycles. The molecule has 1 atom stereocenters. The third kappa shape index (κ3) is 5.61. The molecule has 1 saturated heterocycles. The fourth-order valence-electron chi connectivity index (χ4n) is 4.86. The van der Waals surface area contributed by atoms with Crippen LogP contribution in [0.15, 0.2) is 47.4 Å². The number of ether oxygens (including phenoxy) is 1. The first kappa shape index (κ1) is 25.8. The predicted molar refractivity (Wildman–Crippen MR) is 140 cm³/mol. The lowest BCUT2D eigenvalue weighted by Gasteiger charge is -2.26. The minimum absolute atomic E-state index is 0.202. The molecule has 2 aromatic carbocycles. The number of benzene rings is 2. The second-order valence-corrected chi connectivity index (χ2v) is 11.5. The molecule has 3 aromatic rings. The number of hydrogen-bond donors (Lipinski definition) is 1. The van der Waals surface area contributed by atoms with Crippen LogP contribution in [-0.2, 0) is 34.3 Å². The van der Waals surface area contributed by atoms with Gasteiger partial charge in [0.2, 0.25) is 10.0 Å². The van der Waals surface area contributed by atoms with Crippen molar-refractivity contribution < 1.29 is 13.2 Å². The molecule has 0 spiro atoms. The van der Waals surface area contributed by atoms with Crippen molar-refractivity contribution in [1.29, 1.82) is 0 Å². The molecule has 0 amide bonds. The molecular formula is C27H38N4O3S. The van der Waals surface area contributed by atoms with E-state index in [9.17, 15) is 8.42 Å². The Morgan fingerprint density at radius 1 is 1.06 bits per heavy atom. The van der Waals surface area contributed by atoms with E-state index in [1.165, 1.54) is 15.4 Å². The summed E-state index contributed by atoms with van der Waals surface area (Å²) in [6.45, 7) is 11.7. The van der Waals surface area contributed by atoms with Gasteiger partial charge in [0.05, 0.1) is 35.7 Å². The van der Waals surface area contributed by atoms with Gasteiger partial charge in [-0.15, -0.1) is 0 Å². The maximum absolute atomic E-state index is 13.1. The lowest BCUT2D eigenvalue weighted by molar-refractivity contribution is 0.0730. The quantitative estimate of drug-likeness (QED) is 0.445. The zero-order valence-corrected chi connectivity index (χ0v) is 22.1. The lowest BCUT2D eigenvalue weighted by Crippen LogP contribution is -2.40. The second-order valence-electron chi connectivity index (χ2n) is 9.53. The summed E-state index contributed by atoms with van der Waals surface area (Å²) in [5.41, 5.74) is 4.31. The van der Waals surface area contributed by atoms with Crippen molar-refractivity contribution >= 4 is 21.1 Å². The Hall–Kier alpha value is -2.26. The Bertz CT molecular complexity index is 1230. The smallest absolute Gasteiger partial charge is 0.243 e. The van der Waals surface area contributed by atoms with Crippen LogP contribution in [0.3, 0.4) is 0 Å². The first-order valence-corrected chi connectivity index (χ1v) is 14.2. The normalized spacial score (nSPS) is 16.3. The number of nitrogens with zero attached hydrogens (tertiary/aromatic N) is 3. The molecule has 1 aliphatic rings. The SMILES string of the molecule is CCCc1ccc([C@H](NCc2nc3cc(S(=O)(=O)N4CCOCC4)ccc3n2CC)C(C)C)cc1. The Kier molecular flexibility index (Phi) is 8.27. The van der Waals surface area contributed by atoms with Crippen molar-refractivity contribution in [1.82, 2.24) is 19.2 Å². The first-order chi connectivity index (χ1) is 16.8. The number of aromatic nitrogens is 2. The van der Waals surface area contributed by atoms with Crippen LogP contribution >= 0.6 is 0 Å². The molecule has 1 aromatic heterocycles. The summed E-state index contributed by atoms with van der Waals surface area (Å²) >= 11 is 0. The standard InChI is InChI=1S/C27H38N4O3S/c1-5-7-21-8-10-22(11-9-21)27(20(3)4)28-19-26-29-24-18-23(12-13-25(24)31(26)6-2)35(32,33)30-14-16-34-17-15-30/h8-13,18,20,27-28H,5-7,14-17,19H2,1-4H3/t27-/m1/s1. The van der Waals surface area contributed by atoms with E-state index in [4.69, 9.17) is 9.72 Å². The summed E-state index contributed by atoms with van der Waals surface area (Å²) in [5, 5.41) is 3.71. The van der Waals surface area contributed by atoms with Gasteiger partial charge in [-0.2, -0.15) is 4.31 Å². The minimum Gasteiger partial charge on any atom is -0.379 e. The molecule has 2 heterocycles. The van der Waals surface area contributed by atoms with Crippen molar-refractivity contribution in [2.45, 2.75) is 64.6 Å². The van der Waals surface area contributed by atoms with Crippen molar-refractivity contribution in [2.24, 2.45) is 5.92 Å². The number of sulfonamides is 1. The van der Waals surface area contributed by atoms with Gasteiger partial charge in [-0.1, -0.05) is 51.5 Å². The average Bonchev–Trinajstić information content (AvgIpc) is 3.22. The highest BCUT2D eigenvalue weighted by Crippen LogP contribution is 2.26. The largest absolute Gasteiger partial charge is 0.379 e. The third-order valence-corrected chi connectivity index (χ3v) is 8.64. The van der Waals surface area contributed by atoms with E-state index >= 15 is 0 Å². The summed E-state index contributed by atoms with van der Waals surface area (Å²) in [6, 6.07) is 14.4. The van der Waals surface area contributed by atoms with E-state index in [0.717, 1.165) is 30.7 Å². The van der Waals surface area contributed by atoms with Crippen molar-refractivity contribution in [3.05, 3.63) is 59.4 Å². The second kappa shape index (κ2) is 11.2. The molecule has 1 fully saturated rings. The van der Waals surface area contributed by atoms with Crippen LogP contribution in [0, 0.1) is 5.92 Å². The molecule has 0 bridgehead atoms. The van der Waals surface area contributed by atoms with Crippen LogP contribution in [0.5, 0.6) is 0 Å². The van der Waals surface area contributed by atoms with Gasteiger partial charge in [0.25, 0.3) is 0 Å². The zero-order chi connectivity index (χ0) is 25.0. The van der Waals surface area contributed by atoms with Crippen LogP contribution in [0.1, 0.15) is 57.1 Å². The highest BCUT2D eigenvalue weighted by atomic mass is 32.2. The Morgan fingerprint density at radius 2 is 1.77 bits per heavy atom. The summed E-state index contributed by atoms with van der Waals surface area (Å²) in [7, 11) is -3.56. The summed E-state index contributed by atoms with van der Waals surface area (Å²) in [6.07, 6.45) is 2.25. The maximum Gasteiger partial charge on any atom is 0.243 e. The molecule has 0 unspecified atom stereocenters. The van der Waals surface area contributed by atoms with E-state index in [1.807, 2.05) is 6.07 Å². The van der Waals surface area contributed by atoms with Gasteiger partial charge in [0.1, 0.15) is 5.82 Å². The zero-order valence-electron chi connectivity index (χ0n) is 21.3. The average molecular weight is 499 g/mol. The van der Waals surface area contributed by atoms with Gasteiger partial charge in [0.15, 0.2) is 0 Å². The molecule has 0 saturated carbocycles. The maximum atomic E-state index is 13.1. The molecular weight excluding hydrogens is 460 g/mol. The summed E-state index contributed by atoms with van der Waals surface area (Å²) in [4.78, 5) is 5.15. The summed E-state index contributed by atoms with van der Waals surface area (Å²) < 4.78 is 35.2. The Morgan fingerprint density at radius 3 is 2.40 bits per heavy atom. The van der Waals surface area contributed by atoms with Crippen molar-refractivity contribution in [2.75, 3.05) is 26.3 Å². The molecule has 7 nitrogen and oxygen atoms in total. The fourth-order valence-corrected chi connectivity index (χ4v) is 6.29. The predicted octanol–water partition coefficient (Wildman–Crippen LogP) is 4.52.